The van der Waals surface area contributed by atoms with Gasteiger partial charge in [-0.25, -0.2) is 4.39 Å². The first-order valence-electron chi connectivity index (χ1n) is 12.7. The van der Waals surface area contributed by atoms with Gasteiger partial charge in [-0.3, -0.25) is 14.5 Å². The molecule has 11 heteroatoms. The van der Waals surface area contributed by atoms with E-state index in [2.05, 4.69) is 10.2 Å². The zero-order chi connectivity index (χ0) is 29.1. The zero-order valence-electron chi connectivity index (χ0n) is 22.5. The highest BCUT2D eigenvalue weighted by Crippen LogP contribution is 2.45. The van der Waals surface area contributed by atoms with Crippen LogP contribution in [0.2, 0.25) is 0 Å². The number of hydrogen-bond acceptors (Lipinski definition) is 9. The lowest BCUT2D eigenvalue weighted by atomic mass is 9.95. The Kier molecular flexibility index (Phi) is 8.36. The first kappa shape index (κ1) is 28.3. The number of rotatable bonds is 9. The lowest BCUT2D eigenvalue weighted by Gasteiger charge is -2.23. The molecule has 210 valence electrons. The third kappa shape index (κ3) is 5.68. The van der Waals surface area contributed by atoms with Gasteiger partial charge in [0, 0.05) is 11.3 Å². The minimum absolute atomic E-state index is 0.0826. The van der Waals surface area contributed by atoms with Gasteiger partial charge in [-0.1, -0.05) is 77.2 Å². The van der Waals surface area contributed by atoms with E-state index in [1.807, 2.05) is 26.0 Å². The van der Waals surface area contributed by atoms with Gasteiger partial charge in [0.1, 0.15) is 11.6 Å². The third-order valence-electron chi connectivity index (χ3n) is 6.48. The summed E-state index contributed by atoms with van der Waals surface area (Å²) in [6.07, 6.45) is 0. The minimum Gasteiger partial charge on any atom is -0.507 e. The molecule has 1 aliphatic rings. The van der Waals surface area contributed by atoms with Crippen LogP contribution in [-0.4, -0.2) is 40.7 Å². The zero-order valence-corrected chi connectivity index (χ0v) is 24.1. The number of thioether (sulfide) groups is 1. The maximum Gasteiger partial charge on any atom is 0.301 e. The maximum absolute atomic E-state index is 14.1. The fourth-order valence-electron chi connectivity index (χ4n) is 4.45. The summed E-state index contributed by atoms with van der Waals surface area (Å²) >= 11 is 2.37. The van der Waals surface area contributed by atoms with Crippen LogP contribution in [0.15, 0.2) is 76.6 Å². The predicted octanol–water partition coefficient (Wildman–Crippen LogP) is 6.31. The van der Waals surface area contributed by atoms with Crippen molar-refractivity contribution < 1.29 is 28.6 Å². The molecule has 1 fully saturated rings. The molecule has 0 spiro atoms. The fourth-order valence-corrected chi connectivity index (χ4v) is 6.31. The van der Waals surface area contributed by atoms with E-state index < -0.39 is 17.7 Å². The van der Waals surface area contributed by atoms with E-state index in [-0.39, 0.29) is 22.3 Å². The highest BCUT2D eigenvalue weighted by Gasteiger charge is 2.48. The molecule has 1 aliphatic heterocycles. The number of carbonyl (C=O) groups excluding carboxylic acids is 2. The number of hydrogen-bond donors (Lipinski definition) is 1. The summed E-state index contributed by atoms with van der Waals surface area (Å²) in [7, 11) is 1.49. The maximum atomic E-state index is 14.1. The molecular formula is C30H26FN3O5S2. The van der Waals surface area contributed by atoms with E-state index in [9.17, 15) is 19.1 Å². The Balaban J connectivity index is 1.58. The molecular weight excluding hydrogens is 565 g/mol. The Hall–Kier alpha value is -4.22. The highest BCUT2D eigenvalue weighted by molar-refractivity contribution is 8.00. The molecule has 8 nitrogen and oxygen atoms in total. The second kappa shape index (κ2) is 12.1. The lowest BCUT2D eigenvalue weighted by Crippen LogP contribution is -2.29. The molecule has 1 N–H and O–H groups in total. The van der Waals surface area contributed by atoms with Crippen LogP contribution >= 0.6 is 23.1 Å². The second-order valence-electron chi connectivity index (χ2n) is 9.11. The van der Waals surface area contributed by atoms with E-state index in [0.29, 0.717) is 44.9 Å². The first-order valence-corrected chi connectivity index (χ1v) is 14.5. The Morgan fingerprint density at radius 3 is 2.54 bits per heavy atom. The number of nitrogens with zero attached hydrogens (tertiary/aromatic N) is 3. The summed E-state index contributed by atoms with van der Waals surface area (Å²) in [5.74, 6) is -1.11. The van der Waals surface area contributed by atoms with Gasteiger partial charge in [0.25, 0.3) is 5.78 Å². The van der Waals surface area contributed by atoms with E-state index >= 15 is 0 Å². The number of aliphatic hydroxyl groups excluding tert-OH is 1. The molecule has 0 aliphatic carbocycles. The number of aryl methyl sites for hydroxylation is 1. The minimum atomic E-state index is -1.02. The molecule has 0 bridgehead atoms. The number of carbonyl (C=O) groups is 2. The highest BCUT2D eigenvalue weighted by atomic mass is 32.2. The largest absolute Gasteiger partial charge is 0.507 e. The van der Waals surface area contributed by atoms with Crippen molar-refractivity contribution in [3.05, 3.63) is 100 Å². The van der Waals surface area contributed by atoms with Gasteiger partial charge in [-0.15, -0.1) is 10.2 Å². The fraction of sp³-hybridized carbons (Fsp3) is 0.200. The Morgan fingerprint density at radius 2 is 1.83 bits per heavy atom. The SMILES string of the molecule is CCOc1ccc(C2/C(=C(/O)c3ccc(C)cc3)C(=O)C(=O)N2c2nnc(SCc3ccccc3F)s2)cc1OC. The van der Waals surface area contributed by atoms with Gasteiger partial charge in [-0.05, 0) is 43.2 Å². The monoisotopic (exact) mass is 591 g/mol. The lowest BCUT2D eigenvalue weighted by molar-refractivity contribution is -0.132. The molecule has 2 heterocycles. The second-order valence-corrected chi connectivity index (χ2v) is 11.3. The summed E-state index contributed by atoms with van der Waals surface area (Å²) in [6.45, 7) is 4.17. The van der Waals surface area contributed by atoms with Crippen LogP contribution in [-0.2, 0) is 15.3 Å². The summed E-state index contributed by atoms with van der Waals surface area (Å²) < 4.78 is 25.8. The molecule has 1 atom stereocenters. The van der Waals surface area contributed by atoms with Crippen LogP contribution in [0.25, 0.3) is 5.76 Å². The van der Waals surface area contributed by atoms with Crippen molar-refractivity contribution in [2.45, 2.75) is 30.0 Å². The normalized spacial score (nSPS) is 16.3. The quantitative estimate of drug-likeness (QED) is 0.0794. The number of aromatic nitrogens is 2. The number of ketones is 1. The molecule has 5 rings (SSSR count). The number of anilines is 1. The van der Waals surface area contributed by atoms with E-state index in [1.165, 1.54) is 29.8 Å². The number of ether oxygens (including phenoxy) is 2. The van der Waals surface area contributed by atoms with Crippen molar-refractivity contribution >= 4 is 45.7 Å². The summed E-state index contributed by atoms with van der Waals surface area (Å²) in [5.41, 5.74) is 2.31. The van der Waals surface area contributed by atoms with Crippen molar-refractivity contribution in [2.75, 3.05) is 18.6 Å². The van der Waals surface area contributed by atoms with Crippen molar-refractivity contribution in [2.24, 2.45) is 0 Å². The average molecular weight is 592 g/mol. The van der Waals surface area contributed by atoms with Crippen molar-refractivity contribution in [1.29, 1.82) is 0 Å². The topological polar surface area (TPSA) is 102 Å². The molecule has 0 saturated carbocycles. The van der Waals surface area contributed by atoms with Crippen LogP contribution in [0, 0.1) is 12.7 Å². The molecule has 0 radical (unpaired) electrons. The molecule has 1 amide bonds. The Morgan fingerprint density at radius 1 is 1.07 bits per heavy atom. The summed E-state index contributed by atoms with van der Waals surface area (Å²) in [4.78, 5) is 28.2. The van der Waals surface area contributed by atoms with Gasteiger partial charge < -0.3 is 14.6 Å². The summed E-state index contributed by atoms with van der Waals surface area (Å²) in [6, 6.07) is 17.5. The van der Waals surface area contributed by atoms with Gasteiger partial charge in [0.05, 0.1) is 25.3 Å². The number of benzene rings is 3. The Bertz CT molecular complexity index is 1640. The third-order valence-corrected chi connectivity index (χ3v) is 8.59. The predicted molar refractivity (Wildman–Crippen MR) is 156 cm³/mol. The van der Waals surface area contributed by atoms with E-state index in [0.717, 1.165) is 16.9 Å². The standard InChI is InChI=1S/C30H26FN3O5S2/c1-4-39-22-14-13-19(15-23(22)38-3)25-24(26(35)18-11-9-17(2)10-12-18)27(36)28(37)34(25)29-32-33-30(41-29)40-16-20-7-5-6-8-21(20)31/h5-15,25,35H,4,16H2,1-3H3/b26-24-. The van der Waals surface area contributed by atoms with E-state index in [1.54, 1.807) is 48.5 Å². The molecule has 41 heavy (non-hydrogen) atoms. The van der Waals surface area contributed by atoms with Gasteiger partial charge in [0.15, 0.2) is 15.8 Å². The van der Waals surface area contributed by atoms with Gasteiger partial charge in [-0.2, -0.15) is 0 Å². The molecule has 3 aromatic carbocycles. The van der Waals surface area contributed by atoms with Gasteiger partial charge in [0.2, 0.25) is 5.13 Å². The van der Waals surface area contributed by atoms with Crippen LogP contribution in [0.3, 0.4) is 0 Å². The number of aliphatic hydroxyl groups is 1. The van der Waals surface area contributed by atoms with Gasteiger partial charge >= 0.3 is 5.91 Å². The number of Topliss-reactive ketones (excluding diaryl/α,β-unsaturated/α-hetero) is 1. The average Bonchev–Trinajstić information content (AvgIpc) is 3.55. The van der Waals surface area contributed by atoms with Crippen molar-refractivity contribution in [1.82, 2.24) is 10.2 Å². The first-order chi connectivity index (χ1) is 19.8. The molecule has 4 aromatic rings. The number of amides is 1. The van der Waals surface area contributed by atoms with E-state index in [4.69, 9.17) is 9.47 Å². The van der Waals surface area contributed by atoms with Crippen molar-refractivity contribution in [3.63, 3.8) is 0 Å². The molecule has 1 unspecified atom stereocenters. The molecule has 1 aromatic heterocycles. The van der Waals surface area contributed by atoms with Crippen molar-refractivity contribution in [3.8, 4) is 11.5 Å². The summed E-state index contributed by atoms with van der Waals surface area (Å²) in [5, 5.41) is 19.9. The number of methoxy groups -OCH3 is 1. The van der Waals surface area contributed by atoms with Crippen LogP contribution in [0.5, 0.6) is 11.5 Å². The smallest absolute Gasteiger partial charge is 0.301 e. The van der Waals surface area contributed by atoms with Crippen LogP contribution in [0.4, 0.5) is 9.52 Å². The van der Waals surface area contributed by atoms with Crippen LogP contribution < -0.4 is 14.4 Å². The van der Waals surface area contributed by atoms with Crippen LogP contribution in [0.1, 0.15) is 35.2 Å². The number of halogens is 1. The Labute approximate surface area is 244 Å². The molecule has 1 saturated heterocycles.